The number of hydrogen-bond donors (Lipinski definition) is 3. The molecular weight excluding hydrogens is 228 g/mol. The predicted molar refractivity (Wildman–Crippen MR) is 62.7 cm³/mol. The molecule has 2 aromatic rings. The first-order valence-corrected chi connectivity index (χ1v) is 5.18. The van der Waals surface area contributed by atoms with Crippen molar-refractivity contribution in [2.45, 2.75) is 6.04 Å². The van der Waals surface area contributed by atoms with E-state index in [1.54, 1.807) is 24.4 Å². The molecule has 5 heteroatoms. The van der Waals surface area contributed by atoms with Gasteiger partial charge in [0.1, 0.15) is 0 Å². The molecule has 0 spiro atoms. The first-order chi connectivity index (χ1) is 7.63. The molecule has 4 N–H and O–H groups in total. The van der Waals surface area contributed by atoms with Crippen molar-refractivity contribution < 1.29 is 9.90 Å². The molecule has 16 heavy (non-hydrogen) atoms. The van der Waals surface area contributed by atoms with Crippen LogP contribution in [0.15, 0.2) is 24.4 Å². The van der Waals surface area contributed by atoms with Gasteiger partial charge in [0.2, 0.25) is 0 Å². The molecule has 0 saturated carbocycles. The van der Waals surface area contributed by atoms with E-state index < -0.39 is 6.04 Å². The summed E-state index contributed by atoms with van der Waals surface area (Å²) >= 11 is 5.83. The number of benzene rings is 1. The van der Waals surface area contributed by atoms with E-state index in [9.17, 15) is 4.79 Å². The maximum atomic E-state index is 11.8. The number of aliphatic hydroxyl groups is 1. The number of nitrogens with one attached hydrogen (secondary N) is 1. The van der Waals surface area contributed by atoms with Crippen LogP contribution in [0.5, 0.6) is 0 Å². The third-order valence-electron chi connectivity index (χ3n) is 2.44. The van der Waals surface area contributed by atoms with Gasteiger partial charge in [0.25, 0.3) is 0 Å². The number of Topliss-reactive ketones (excluding diaryl/α,β-unsaturated/α-hetero) is 1. The molecule has 0 fully saturated rings. The number of aromatic amines is 1. The minimum absolute atomic E-state index is 0.281. The SMILES string of the molecule is NC(CO)C(=O)c1c[nH]c2cc(Cl)ccc12. The van der Waals surface area contributed by atoms with Crippen LogP contribution in [0.25, 0.3) is 10.9 Å². The van der Waals surface area contributed by atoms with Crippen LogP contribution in [0.3, 0.4) is 0 Å². The molecule has 0 radical (unpaired) electrons. The van der Waals surface area contributed by atoms with Crippen LogP contribution in [-0.2, 0) is 0 Å². The molecule has 0 saturated heterocycles. The van der Waals surface area contributed by atoms with Crippen molar-refractivity contribution in [1.29, 1.82) is 0 Å². The molecule has 1 aromatic carbocycles. The second kappa shape index (κ2) is 4.25. The topological polar surface area (TPSA) is 79.1 Å². The summed E-state index contributed by atoms with van der Waals surface area (Å²) < 4.78 is 0. The minimum Gasteiger partial charge on any atom is -0.394 e. The fourth-order valence-corrected chi connectivity index (χ4v) is 1.76. The summed E-state index contributed by atoms with van der Waals surface area (Å²) in [5.74, 6) is -0.281. The lowest BCUT2D eigenvalue weighted by Gasteiger charge is -2.05. The Morgan fingerprint density at radius 2 is 2.31 bits per heavy atom. The van der Waals surface area contributed by atoms with Crippen LogP contribution in [0.4, 0.5) is 0 Å². The largest absolute Gasteiger partial charge is 0.394 e. The minimum atomic E-state index is -0.880. The van der Waals surface area contributed by atoms with Crippen molar-refractivity contribution in [2.75, 3.05) is 6.61 Å². The van der Waals surface area contributed by atoms with Gasteiger partial charge in [-0.2, -0.15) is 0 Å². The number of hydrogen-bond acceptors (Lipinski definition) is 3. The maximum absolute atomic E-state index is 11.8. The zero-order valence-corrected chi connectivity index (χ0v) is 9.16. The Hall–Kier alpha value is -1.36. The number of fused-ring (bicyclic) bond motifs is 1. The number of carbonyl (C=O) groups is 1. The number of H-pyrrole nitrogens is 1. The van der Waals surface area contributed by atoms with Gasteiger partial charge in [-0.25, -0.2) is 0 Å². The number of nitrogens with two attached hydrogens (primary N) is 1. The van der Waals surface area contributed by atoms with Gasteiger partial charge < -0.3 is 15.8 Å². The van der Waals surface area contributed by atoms with Crippen molar-refractivity contribution >= 4 is 28.3 Å². The number of halogens is 1. The lowest BCUT2D eigenvalue weighted by Crippen LogP contribution is -2.33. The van der Waals surface area contributed by atoms with Crippen molar-refractivity contribution in [2.24, 2.45) is 5.73 Å². The van der Waals surface area contributed by atoms with E-state index in [4.69, 9.17) is 22.4 Å². The second-order valence-corrected chi connectivity index (χ2v) is 3.98. The predicted octanol–water partition coefficient (Wildman–Crippen LogP) is 1.32. The number of rotatable bonds is 3. The number of aliphatic hydroxyl groups excluding tert-OH is 1. The Morgan fingerprint density at radius 3 is 3.00 bits per heavy atom. The highest BCUT2D eigenvalue weighted by Crippen LogP contribution is 2.22. The van der Waals surface area contributed by atoms with Crippen LogP contribution in [-0.4, -0.2) is 28.5 Å². The van der Waals surface area contributed by atoms with Gasteiger partial charge >= 0.3 is 0 Å². The van der Waals surface area contributed by atoms with Gasteiger partial charge in [-0.05, 0) is 12.1 Å². The highest BCUT2D eigenvalue weighted by atomic mass is 35.5. The lowest BCUT2D eigenvalue weighted by atomic mass is 10.0. The third-order valence-corrected chi connectivity index (χ3v) is 2.68. The number of carbonyl (C=O) groups excluding carboxylic acids is 1. The summed E-state index contributed by atoms with van der Waals surface area (Å²) in [5, 5.41) is 10.2. The molecule has 84 valence electrons. The fraction of sp³-hybridized carbons (Fsp3) is 0.182. The molecule has 0 aliphatic heterocycles. The molecule has 0 aliphatic carbocycles. The van der Waals surface area contributed by atoms with Gasteiger partial charge in [-0.1, -0.05) is 17.7 Å². The molecule has 0 aliphatic rings. The van der Waals surface area contributed by atoms with E-state index in [0.717, 1.165) is 10.9 Å². The normalized spacial score (nSPS) is 12.9. The molecule has 1 heterocycles. The van der Waals surface area contributed by atoms with Gasteiger partial charge in [-0.15, -0.1) is 0 Å². The van der Waals surface area contributed by atoms with E-state index >= 15 is 0 Å². The van der Waals surface area contributed by atoms with Crippen LogP contribution in [0.2, 0.25) is 5.02 Å². The van der Waals surface area contributed by atoms with Crippen molar-refractivity contribution in [1.82, 2.24) is 4.98 Å². The molecule has 0 amide bonds. The maximum Gasteiger partial charge on any atom is 0.184 e. The fourth-order valence-electron chi connectivity index (χ4n) is 1.58. The highest BCUT2D eigenvalue weighted by molar-refractivity contribution is 6.31. The van der Waals surface area contributed by atoms with Gasteiger partial charge in [0.05, 0.1) is 12.6 Å². The Kier molecular flexibility index (Phi) is 2.96. The zero-order valence-electron chi connectivity index (χ0n) is 8.40. The Balaban J connectivity index is 2.50. The van der Waals surface area contributed by atoms with Gasteiger partial charge in [0.15, 0.2) is 5.78 Å². The first kappa shape index (κ1) is 11.1. The Morgan fingerprint density at radius 1 is 1.56 bits per heavy atom. The monoisotopic (exact) mass is 238 g/mol. The van der Waals surface area contributed by atoms with E-state index in [1.165, 1.54) is 0 Å². The zero-order chi connectivity index (χ0) is 11.7. The van der Waals surface area contributed by atoms with Crippen molar-refractivity contribution in [3.8, 4) is 0 Å². The molecule has 2 rings (SSSR count). The van der Waals surface area contributed by atoms with Gasteiger partial charge in [-0.3, -0.25) is 4.79 Å². The molecule has 1 unspecified atom stereocenters. The average Bonchev–Trinajstić information content (AvgIpc) is 2.69. The summed E-state index contributed by atoms with van der Waals surface area (Å²) in [5.41, 5.74) is 6.75. The van der Waals surface area contributed by atoms with Crippen molar-refractivity contribution in [3.05, 3.63) is 35.0 Å². The average molecular weight is 239 g/mol. The molecular formula is C11H11ClN2O2. The molecule has 1 aromatic heterocycles. The summed E-state index contributed by atoms with van der Waals surface area (Å²) in [7, 11) is 0. The first-order valence-electron chi connectivity index (χ1n) is 4.80. The van der Waals surface area contributed by atoms with E-state index in [0.29, 0.717) is 10.6 Å². The molecule has 1 atom stereocenters. The van der Waals surface area contributed by atoms with E-state index in [-0.39, 0.29) is 12.4 Å². The summed E-state index contributed by atoms with van der Waals surface area (Å²) in [6.45, 7) is -0.362. The Bertz CT molecular complexity index is 536. The molecule has 0 bridgehead atoms. The quantitative estimate of drug-likeness (QED) is 0.706. The van der Waals surface area contributed by atoms with Crippen molar-refractivity contribution in [3.63, 3.8) is 0 Å². The number of aromatic nitrogens is 1. The van der Waals surface area contributed by atoms with E-state index in [1.807, 2.05) is 0 Å². The molecule has 4 nitrogen and oxygen atoms in total. The summed E-state index contributed by atoms with van der Waals surface area (Å²) in [6, 6.07) is 4.32. The van der Waals surface area contributed by atoms with Crippen LogP contribution in [0, 0.1) is 0 Å². The van der Waals surface area contributed by atoms with Gasteiger partial charge in [0, 0.05) is 27.7 Å². The van der Waals surface area contributed by atoms with E-state index in [2.05, 4.69) is 4.98 Å². The number of ketones is 1. The highest BCUT2D eigenvalue weighted by Gasteiger charge is 2.18. The second-order valence-electron chi connectivity index (χ2n) is 3.55. The van der Waals surface area contributed by atoms with Crippen LogP contribution >= 0.6 is 11.6 Å². The summed E-state index contributed by atoms with van der Waals surface area (Å²) in [4.78, 5) is 14.7. The Labute approximate surface area is 97.0 Å². The smallest absolute Gasteiger partial charge is 0.184 e. The standard InChI is InChI=1S/C11H11ClN2O2/c12-6-1-2-7-8(4-14-10(7)3-6)11(16)9(13)5-15/h1-4,9,14-15H,5,13H2. The lowest BCUT2D eigenvalue weighted by molar-refractivity contribution is 0.0927. The van der Waals surface area contributed by atoms with Crippen LogP contribution < -0.4 is 5.73 Å². The summed E-state index contributed by atoms with van der Waals surface area (Å²) in [6.07, 6.45) is 1.58. The third kappa shape index (κ3) is 1.82. The van der Waals surface area contributed by atoms with Crippen LogP contribution in [0.1, 0.15) is 10.4 Å².